The second kappa shape index (κ2) is 4.11. The number of nitrogens with zero attached hydrogens (tertiary/aromatic N) is 1. The largest absolute Gasteiger partial charge is 0.341 e. The lowest BCUT2D eigenvalue weighted by Gasteiger charge is -2.54. The number of rotatable bonds is 3. The van der Waals surface area contributed by atoms with Crippen LogP contribution >= 0.6 is 0 Å². The quantitative estimate of drug-likeness (QED) is 0.428. The molecule has 4 bridgehead atoms. The van der Waals surface area contributed by atoms with Gasteiger partial charge in [-0.2, -0.15) is 0 Å². The lowest BCUT2D eigenvalue weighted by atomic mass is 9.49. The van der Waals surface area contributed by atoms with Crippen molar-refractivity contribution in [3.8, 4) is 0 Å². The molecule has 0 N–H and O–H groups in total. The van der Waals surface area contributed by atoms with Gasteiger partial charge in [0.25, 0.3) is 0 Å². The number of carbonyl (C=O) groups is 1. The molecular formula is C14H21NO2. The van der Waals surface area contributed by atoms with Crippen LogP contribution in [0.3, 0.4) is 0 Å². The first-order valence-corrected chi connectivity index (χ1v) is 6.95. The van der Waals surface area contributed by atoms with Crippen LogP contribution in [-0.4, -0.2) is 12.2 Å². The Morgan fingerprint density at radius 1 is 1.24 bits per heavy atom. The van der Waals surface area contributed by atoms with Gasteiger partial charge in [0.15, 0.2) is 0 Å². The molecule has 0 aliphatic heterocycles. The molecule has 17 heavy (non-hydrogen) atoms. The van der Waals surface area contributed by atoms with E-state index in [0.717, 1.165) is 43.4 Å². The van der Waals surface area contributed by atoms with Gasteiger partial charge >= 0.3 is 5.97 Å². The summed E-state index contributed by atoms with van der Waals surface area (Å²) in [5.41, 5.74) is -0.167. The van der Waals surface area contributed by atoms with Crippen molar-refractivity contribution < 1.29 is 9.63 Å². The third kappa shape index (κ3) is 1.90. The highest BCUT2D eigenvalue weighted by atomic mass is 16.7. The first-order chi connectivity index (χ1) is 8.22. The zero-order valence-electron chi connectivity index (χ0n) is 10.5. The molecule has 0 spiro atoms. The fourth-order valence-electron chi connectivity index (χ4n) is 4.62. The molecule has 0 aromatic heterocycles. The van der Waals surface area contributed by atoms with Crippen molar-refractivity contribution in [3.63, 3.8) is 0 Å². The van der Waals surface area contributed by atoms with Gasteiger partial charge in [0.2, 0.25) is 0 Å². The Kier molecular flexibility index (Phi) is 2.72. The van der Waals surface area contributed by atoms with Crippen LogP contribution in [0.5, 0.6) is 0 Å². The second-order valence-electron chi connectivity index (χ2n) is 6.27. The van der Waals surface area contributed by atoms with Gasteiger partial charge in [0.1, 0.15) is 0 Å². The fourth-order valence-corrected chi connectivity index (χ4v) is 4.62. The Bertz CT molecular complexity index is 313. The van der Waals surface area contributed by atoms with E-state index in [0.29, 0.717) is 0 Å². The molecule has 0 aromatic carbocycles. The highest BCUT2D eigenvalue weighted by Crippen LogP contribution is 2.60. The minimum Gasteiger partial charge on any atom is -0.318 e. The van der Waals surface area contributed by atoms with Crippen LogP contribution < -0.4 is 0 Å². The Hall–Kier alpha value is -0.860. The highest BCUT2D eigenvalue weighted by molar-refractivity contribution is 5.78. The SMILES string of the molecule is CC/C=N/OC(=O)C12CC3CC(CC(C3)C1)C2. The van der Waals surface area contributed by atoms with E-state index in [1.54, 1.807) is 6.21 Å². The van der Waals surface area contributed by atoms with Gasteiger partial charge in [-0.3, -0.25) is 0 Å². The van der Waals surface area contributed by atoms with Crippen LogP contribution in [0.1, 0.15) is 51.9 Å². The maximum absolute atomic E-state index is 12.2. The van der Waals surface area contributed by atoms with Gasteiger partial charge in [0.05, 0.1) is 5.41 Å². The summed E-state index contributed by atoms with van der Waals surface area (Å²) in [6, 6.07) is 0. The standard InChI is InChI=1S/C14H21NO2/c1-2-3-15-17-13(16)14-7-10-4-11(8-14)6-12(5-10)9-14/h3,10-12H,2,4-9H2,1H3/b15-3+. The Morgan fingerprint density at radius 2 is 1.76 bits per heavy atom. The predicted molar refractivity (Wildman–Crippen MR) is 65.5 cm³/mol. The van der Waals surface area contributed by atoms with Crippen molar-refractivity contribution in [2.75, 3.05) is 0 Å². The lowest BCUT2D eigenvalue weighted by molar-refractivity contribution is -0.171. The van der Waals surface area contributed by atoms with Crippen LogP contribution in [0.4, 0.5) is 0 Å². The van der Waals surface area contributed by atoms with Gasteiger partial charge in [-0.15, -0.1) is 0 Å². The zero-order chi connectivity index (χ0) is 11.9. The van der Waals surface area contributed by atoms with E-state index in [4.69, 9.17) is 4.84 Å². The predicted octanol–water partition coefficient (Wildman–Crippen LogP) is 3.14. The van der Waals surface area contributed by atoms with Crippen molar-refractivity contribution in [3.05, 3.63) is 0 Å². The van der Waals surface area contributed by atoms with Crippen LogP contribution in [-0.2, 0) is 9.63 Å². The number of oxime groups is 1. The van der Waals surface area contributed by atoms with E-state index in [1.807, 2.05) is 6.92 Å². The summed E-state index contributed by atoms with van der Waals surface area (Å²) in [4.78, 5) is 17.3. The molecule has 4 saturated carbocycles. The van der Waals surface area contributed by atoms with Crippen LogP contribution in [0.2, 0.25) is 0 Å². The summed E-state index contributed by atoms with van der Waals surface area (Å²) < 4.78 is 0. The van der Waals surface area contributed by atoms with Gasteiger partial charge in [-0.1, -0.05) is 12.1 Å². The summed E-state index contributed by atoms with van der Waals surface area (Å²) in [7, 11) is 0. The van der Waals surface area contributed by atoms with E-state index in [2.05, 4.69) is 5.16 Å². The molecular weight excluding hydrogens is 214 g/mol. The molecule has 0 atom stereocenters. The molecule has 3 heteroatoms. The maximum Gasteiger partial charge on any atom is 0.341 e. The van der Waals surface area contributed by atoms with Gasteiger partial charge in [0, 0.05) is 6.21 Å². The number of carbonyl (C=O) groups excluding carboxylic acids is 1. The zero-order valence-corrected chi connectivity index (χ0v) is 10.5. The van der Waals surface area contributed by atoms with Crippen LogP contribution in [0.15, 0.2) is 5.16 Å². The topological polar surface area (TPSA) is 38.7 Å². The minimum atomic E-state index is -0.167. The van der Waals surface area contributed by atoms with Crippen molar-refractivity contribution in [1.82, 2.24) is 0 Å². The smallest absolute Gasteiger partial charge is 0.318 e. The van der Waals surface area contributed by atoms with Gasteiger partial charge < -0.3 is 4.84 Å². The summed E-state index contributed by atoms with van der Waals surface area (Å²) in [6.07, 6.45) is 9.70. The summed E-state index contributed by atoms with van der Waals surface area (Å²) >= 11 is 0. The summed E-state index contributed by atoms with van der Waals surface area (Å²) in [5, 5.41) is 3.77. The molecule has 4 rings (SSSR count). The lowest BCUT2D eigenvalue weighted by Crippen LogP contribution is -2.50. The van der Waals surface area contributed by atoms with Crippen LogP contribution in [0.25, 0.3) is 0 Å². The number of hydrogen-bond donors (Lipinski definition) is 0. The number of hydrogen-bond acceptors (Lipinski definition) is 3. The fraction of sp³-hybridized carbons (Fsp3) is 0.857. The molecule has 0 radical (unpaired) electrons. The van der Waals surface area contributed by atoms with Crippen molar-refractivity contribution in [2.24, 2.45) is 28.3 Å². The molecule has 0 amide bonds. The first-order valence-electron chi connectivity index (χ1n) is 6.95. The summed E-state index contributed by atoms with van der Waals surface area (Å²) in [5.74, 6) is 2.29. The Balaban J connectivity index is 1.73. The average molecular weight is 235 g/mol. The molecule has 4 aliphatic rings. The second-order valence-corrected chi connectivity index (χ2v) is 6.27. The van der Waals surface area contributed by atoms with Crippen LogP contribution in [0, 0.1) is 23.2 Å². The van der Waals surface area contributed by atoms with E-state index in [9.17, 15) is 4.79 Å². The third-order valence-corrected chi connectivity index (χ3v) is 4.86. The van der Waals surface area contributed by atoms with Crippen molar-refractivity contribution in [1.29, 1.82) is 0 Å². The van der Waals surface area contributed by atoms with E-state index >= 15 is 0 Å². The van der Waals surface area contributed by atoms with E-state index < -0.39 is 0 Å². The summed E-state index contributed by atoms with van der Waals surface area (Å²) in [6.45, 7) is 1.99. The normalized spacial score (nSPS) is 43.2. The first kappa shape index (κ1) is 11.2. The van der Waals surface area contributed by atoms with Gasteiger partial charge in [-0.25, -0.2) is 4.79 Å². The third-order valence-electron chi connectivity index (χ3n) is 4.86. The monoisotopic (exact) mass is 235 g/mol. The maximum atomic E-state index is 12.2. The highest BCUT2D eigenvalue weighted by Gasteiger charge is 2.55. The molecule has 94 valence electrons. The average Bonchev–Trinajstić information content (AvgIpc) is 2.27. The minimum absolute atomic E-state index is 0.0544. The molecule has 0 unspecified atom stereocenters. The Labute approximate surface area is 103 Å². The van der Waals surface area contributed by atoms with Crippen molar-refractivity contribution in [2.45, 2.75) is 51.9 Å². The van der Waals surface area contributed by atoms with Crippen molar-refractivity contribution >= 4 is 12.2 Å². The van der Waals surface area contributed by atoms with E-state index in [-0.39, 0.29) is 11.4 Å². The molecule has 0 saturated heterocycles. The molecule has 4 fully saturated rings. The van der Waals surface area contributed by atoms with Gasteiger partial charge in [-0.05, 0) is 62.7 Å². The molecule has 4 aliphatic carbocycles. The molecule has 0 heterocycles. The molecule has 3 nitrogen and oxygen atoms in total. The Morgan fingerprint density at radius 3 is 2.24 bits per heavy atom. The molecule has 0 aromatic rings. The van der Waals surface area contributed by atoms with E-state index in [1.165, 1.54) is 19.3 Å².